The molecule has 0 spiro atoms. The van der Waals surface area contributed by atoms with Crippen molar-refractivity contribution in [2.45, 2.75) is 0 Å². The van der Waals surface area contributed by atoms with Gasteiger partial charge >= 0.3 is 0 Å². The summed E-state index contributed by atoms with van der Waals surface area (Å²) in [5, 5.41) is 11.0. The van der Waals surface area contributed by atoms with Gasteiger partial charge in [-0.1, -0.05) is 23.2 Å². The van der Waals surface area contributed by atoms with Crippen LogP contribution in [0.25, 0.3) is 17.4 Å². The van der Waals surface area contributed by atoms with Gasteiger partial charge in [0, 0.05) is 16.7 Å². The van der Waals surface area contributed by atoms with E-state index >= 15 is 0 Å². The Labute approximate surface area is 134 Å². The molecule has 1 aromatic carbocycles. The summed E-state index contributed by atoms with van der Waals surface area (Å²) in [5.74, 6) is 0.768. The molecule has 0 saturated carbocycles. The van der Waals surface area contributed by atoms with Crippen LogP contribution < -0.4 is 5.32 Å². The SMILES string of the molecule is N=C1NC(=O)/C(=C/c2ccc(-c3cc(Cl)ccc3Cl)o2)S1. The third-order valence-electron chi connectivity index (χ3n) is 2.76. The van der Waals surface area contributed by atoms with Gasteiger partial charge in [0.05, 0.1) is 9.93 Å². The molecule has 1 aliphatic rings. The Morgan fingerprint density at radius 2 is 2.05 bits per heavy atom. The zero-order valence-electron chi connectivity index (χ0n) is 10.4. The summed E-state index contributed by atoms with van der Waals surface area (Å²) in [6.07, 6.45) is 1.59. The Hall–Kier alpha value is -1.69. The molecule has 3 rings (SSSR count). The van der Waals surface area contributed by atoms with Gasteiger partial charge in [0.15, 0.2) is 5.17 Å². The highest BCUT2D eigenvalue weighted by Crippen LogP contribution is 2.33. The maximum absolute atomic E-state index is 11.5. The molecule has 1 aromatic heterocycles. The number of carbonyl (C=O) groups excluding carboxylic acids is 1. The van der Waals surface area contributed by atoms with Crippen LogP contribution in [0.2, 0.25) is 10.0 Å². The largest absolute Gasteiger partial charge is 0.457 e. The topological polar surface area (TPSA) is 66.1 Å². The first kappa shape index (κ1) is 14.3. The molecular formula is C14H8Cl2N2O2S. The van der Waals surface area contributed by atoms with E-state index in [2.05, 4.69) is 5.32 Å². The quantitative estimate of drug-likeness (QED) is 0.798. The van der Waals surface area contributed by atoms with Crippen molar-refractivity contribution in [3.05, 3.63) is 51.0 Å². The van der Waals surface area contributed by atoms with Gasteiger partial charge in [-0.05, 0) is 42.1 Å². The average Bonchev–Trinajstić information content (AvgIpc) is 3.00. The molecular weight excluding hydrogens is 331 g/mol. The van der Waals surface area contributed by atoms with Gasteiger partial charge in [-0.2, -0.15) is 0 Å². The number of carbonyl (C=O) groups is 1. The molecule has 0 bridgehead atoms. The van der Waals surface area contributed by atoms with Crippen molar-refractivity contribution in [3.63, 3.8) is 0 Å². The Balaban J connectivity index is 1.94. The first-order valence-electron chi connectivity index (χ1n) is 5.87. The van der Waals surface area contributed by atoms with E-state index in [0.29, 0.717) is 32.0 Å². The molecule has 1 fully saturated rings. The number of hydrogen-bond acceptors (Lipinski definition) is 4. The van der Waals surface area contributed by atoms with Crippen LogP contribution in [0, 0.1) is 5.41 Å². The van der Waals surface area contributed by atoms with Gasteiger partial charge < -0.3 is 9.73 Å². The number of thioether (sulfide) groups is 1. The van der Waals surface area contributed by atoms with E-state index in [1.165, 1.54) is 0 Å². The van der Waals surface area contributed by atoms with Crippen LogP contribution >= 0.6 is 35.0 Å². The van der Waals surface area contributed by atoms with Crippen LogP contribution in [0.15, 0.2) is 39.7 Å². The van der Waals surface area contributed by atoms with Crippen LogP contribution in [0.4, 0.5) is 0 Å². The average molecular weight is 339 g/mol. The van der Waals surface area contributed by atoms with Crippen LogP contribution in [0.1, 0.15) is 5.76 Å². The molecule has 0 atom stereocenters. The molecule has 4 nitrogen and oxygen atoms in total. The number of benzene rings is 1. The van der Waals surface area contributed by atoms with E-state index < -0.39 is 0 Å². The Bertz CT molecular complexity index is 783. The Kier molecular flexibility index (Phi) is 3.80. The second kappa shape index (κ2) is 5.60. The van der Waals surface area contributed by atoms with Crippen molar-refractivity contribution in [1.29, 1.82) is 5.41 Å². The molecule has 1 amide bonds. The third kappa shape index (κ3) is 3.00. The van der Waals surface area contributed by atoms with Crippen molar-refractivity contribution < 1.29 is 9.21 Å². The minimum absolute atomic E-state index is 0.107. The summed E-state index contributed by atoms with van der Waals surface area (Å²) < 4.78 is 5.67. The van der Waals surface area contributed by atoms with Crippen LogP contribution in [-0.2, 0) is 4.79 Å². The fraction of sp³-hybridized carbons (Fsp3) is 0. The van der Waals surface area contributed by atoms with Gasteiger partial charge in [-0.3, -0.25) is 10.2 Å². The predicted octanol–water partition coefficient (Wildman–Crippen LogP) is 4.39. The number of amidine groups is 1. The Morgan fingerprint density at radius 1 is 1.24 bits per heavy atom. The molecule has 2 heterocycles. The number of hydrogen-bond donors (Lipinski definition) is 2. The molecule has 1 saturated heterocycles. The van der Waals surface area contributed by atoms with E-state index in [1.54, 1.807) is 36.4 Å². The van der Waals surface area contributed by atoms with Gasteiger partial charge in [-0.15, -0.1) is 0 Å². The van der Waals surface area contributed by atoms with Crippen molar-refractivity contribution in [3.8, 4) is 11.3 Å². The van der Waals surface area contributed by atoms with E-state index in [1.807, 2.05) is 0 Å². The summed E-state index contributed by atoms with van der Waals surface area (Å²) in [4.78, 5) is 12.0. The van der Waals surface area contributed by atoms with E-state index in [4.69, 9.17) is 33.0 Å². The smallest absolute Gasteiger partial charge is 0.264 e. The summed E-state index contributed by atoms with van der Waals surface area (Å²) in [6.45, 7) is 0. The number of amides is 1. The first-order chi connectivity index (χ1) is 10.0. The lowest BCUT2D eigenvalue weighted by atomic mass is 10.2. The molecule has 1 aliphatic heterocycles. The van der Waals surface area contributed by atoms with Crippen LogP contribution in [0.3, 0.4) is 0 Å². The second-order valence-corrected chi connectivity index (χ2v) is 6.12. The van der Waals surface area contributed by atoms with Crippen LogP contribution in [-0.4, -0.2) is 11.1 Å². The maximum atomic E-state index is 11.5. The lowest BCUT2D eigenvalue weighted by Crippen LogP contribution is -2.18. The summed E-state index contributed by atoms with van der Waals surface area (Å²) in [6, 6.07) is 8.60. The summed E-state index contributed by atoms with van der Waals surface area (Å²) in [5.41, 5.74) is 0.685. The standard InChI is InChI=1S/C14H8Cl2N2O2S/c15-7-1-3-10(16)9(5-7)11-4-2-8(20-11)6-12-13(19)18-14(17)21-12/h1-6H,(H2,17,18,19)/b12-6-. The number of furan rings is 1. The fourth-order valence-corrected chi connectivity index (χ4v) is 2.90. The number of nitrogens with one attached hydrogen (secondary N) is 2. The molecule has 0 radical (unpaired) electrons. The summed E-state index contributed by atoms with van der Waals surface area (Å²) >= 11 is 13.1. The highest BCUT2D eigenvalue weighted by atomic mass is 35.5. The molecule has 2 N–H and O–H groups in total. The highest BCUT2D eigenvalue weighted by molar-refractivity contribution is 8.18. The molecule has 106 valence electrons. The normalized spacial score (nSPS) is 16.6. The molecule has 7 heteroatoms. The van der Waals surface area contributed by atoms with Crippen molar-refractivity contribution in [2.75, 3.05) is 0 Å². The van der Waals surface area contributed by atoms with Gasteiger partial charge in [0.1, 0.15) is 11.5 Å². The van der Waals surface area contributed by atoms with E-state index in [-0.39, 0.29) is 11.1 Å². The van der Waals surface area contributed by atoms with Crippen molar-refractivity contribution in [2.24, 2.45) is 0 Å². The van der Waals surface area contributed by atoms with Crippen molar-refractivity contribution >= 4 is 52.1 Å². The minimum Gasteiger partial charge on any atom is -0.457 e. The third-order valence-corrected chi connectivity index (χ3v) is 4.15. The fourth-order valence-electron chi connectivity index (χ4n) is 1.83. The van der Waals surface area contributed by atoms with Crippen molar-refractivity contribution in [1.82, 2.24) is 5.32 Å². The lowest BCUT2D eigenvalue weighted by molar-refractivity contribution is -0.115. The minimum atomic E-state index is -0.302. The second-order valence-electron chi connectivity index (χ2n) is 4.22. The monoisotopic (exact) mass is 338 g/mol. The van der Waals surface area contributed by atoms with Gasteiger partial charge in [0.25, 0.3) is 5.91 Å². The highest BCUT2D eigenvalue weighted by Gasteiger charge is 2.22. The molecule has 0 aliphatic carbocycles. The molecule has 0 unspecified atom stereocenters. The van der Waals surface area contributed by atoms with Crippen LogP contribution in [0.5, 0.6) is 0 Å². The maximum Gasteiger partial charge on any atom is 0.264 e. The van der Waals surface area contributed by atoms with E-state index in [0.717, 1.165) is 11.8 Å². The predicted molar refractivity (Wildman–Crippen MR) is 85.6 cm³/mol. The zero-order chi connectivity index (χ0) is 15.0. The molecule has 2 aromatic rings. The van der Waals surface area contributed by atoms with Gasteiger partial charge in [-0.25, -0.2) is 0 Å². The summed E-state index contributed by atoms with van der Waals surface area (Å²) in [7, 11) is 0. The number of rotatable bonds is 2. The lowest BCUT2D eigenvalue weighted by Gasteiger charge is -2.01. The number of halogens is 2. The molecule has 21 heavy (non-hydrogen) atoms. The first-order valence-corrected chi connectivity index (χ1v) is 7.45. The van der Waals surface area contributed by atoms with E-state index in [9.17, 15) is 4.79 Å². The zero-order valence-corrected chi connectivity index (χ0v) is 12.8. The Morgan fingerprint density at radius 3 is 2.76 bits per heavy atom. The van der Waals surface area contributed by atoms with Gasteiger partial charge in [0.2, 0.25) is 0 Å².